The van der Waals surface area contributed by atoms with Gasteiger partial charge in [0.05, 0.1) is 0 Å². The predicted octanol–water partition coefficient (Wildman–Crippen LogP) is 19.5. The molecule has 13 aromatic rings. The van der Waals surface area contributed by atoms with E-state index in [1.165, 1.54) is 88.0 Å². The highest BCUT2D eigenvalue weighted by atomic mass is 16.3. The molecule has 2 nitrogen and oxygen atoms in total. The van der Waals surface area contributed by atoms with Crippen LogP contribution in [0.1, 0.15) is 25.0 Å². The molecule has 0 atom stereocenters. The van der Waals surface area contributed by atoms with Crippen LogP contribution in [0.2, 0.25) is 0 Å². The molecule has 1 heterocycles. The van der Waals surface area contributed by atoms with Crippen LogP contribution in [0.15, 0.2) is 253 Å². The molecule has 12 aromatic carbocycles. The Labute approximate surface area is 413 Å². The van der Waals surface area contributed by atoms with E-state index in [0.717, 1.165) is 50.1 Å². The summed E-state index contributed by atoms with van der Waals surface area (Å²) in [5, 5.41) is 10.1. The van der Waals surface area contributed by atoms with Gasteiger partial charge in [-0.3, -0.25) is 0 Å². The van der Waals surface area contributed by atoms with Gasteiger partial charge in [-0.1, -0.05) is 202 Å². The fraction of sp³-hybridized carbons (Fsp3) is 0.0435. The first kappa shape index (κ1) is 41.0. The van der Waals surface area contributed by atoms with E-state index in [1.54, 1.807) is 0 Å². The van der Waals surface area contributed by atoms with Gasteiger partial charge in [0.25, 0.3) is 0 Å². The van der Waals surface area contributed by atoms with Crippen molar-refractivity contribution >= 4 is 71.3 Å². The number of rotatable bonds is 7. The van der Waals surface area contributed by atoms with Crippen LogP contribution >= 0.6 is 0 Å². The summed E-state index contributed by atoms with van der Waals surface area (Å²) in [5.41, 5.74) is 19.9. The number of hydrogen-bond donors (Lipinski definition) is 0. The van der Waals surface area contributed by atoms with Gasteiger partial charge < -0.3 is 9.32 Å². The Hall–Kier alpha value is -8.98. The van der Waals surface area contributed by atoms with Gasteiger partial charge in [-0.05, 0) is 154 Å². The van der Waals surface area contributed by atoms with Crippen molar-refractivity contribution in [3.05, 3.63) is 260 Å². The molecule has 1 aromatic heterocycles. The molecule has 0 saturated carbocycles. The molecule has 334 valence electrons. The third-order valence-corrected chi connectivity index (χ3v) is 15.3. The lowest BCUT2D eigenvalue weighted by Crippen LogP contribution is -2.14. The fourth-order valence-corrected chi connectivity index (χ4v) is 11.6. The molecular weight excluding hydrogens is 859 g/mol. The Morgan fingerprint density at radius 2 is 0.732 bits per heavy atom. The molecule has 2 heteroatoms. The summed E-state index contributed by atoms with van der Waals surface area (Å²) in [4.78, 5) is 2.34. The highest BCUT2D eigenvalue weighted by Gasteiger charge is 2.35. The first-order chi connectivity index (χ1) is 34.9. The largest absolute Gasteiger partial charge is 0.455 e. The zero-order valence-electron chi connectivity index (χ0n) is 39.5. The van der Waals surface area contributed by atoms with Gasteiger partial charge in [0.2, 0.25) is 0 Å². The Kier molecular flexibility index (Phi) is 9.28. The normalized spacial score (nSPS) is 12.8. The zero-order valence-corrected chi connectivity index (χ0v) is 39.5. The van der Waals surface area contributed by atoms with Crippen molar-refractivity contribution in [1.82, 2.24) is 0 Å². The Morgan fingerprint density at radius 3 is 1.39 bits per heavy atom. The van der Waals surface area contributed by atoms with Crippen LogP contribution in [0, 0.1) is 0 Å². The van der Waals surface area contributed by atoms with Gasteiger partial charge in [0, 0.05) is 38.8 Å². The standard InChI is InChI=1S/C69H47NO/c1-69(2)65-21-10-8-17-58(65)64-42-62-56-16-7-6-15-55(56)61-41-50(33-40-57(61)63(62)43-66(64)69)48-25-23-45(24-26-48)47-29-36-52(37-30-47)70(51-34-27-46(28-35-51)44-13-4-3-5-14-44)53-38-31-49(32-39-53)54-19-12-20-60-59-18-9-11-22-67(59)71-68(54)60/h3-43H,1-2H3. The number of furan rings is 1. The lowest BCUT2D eigenvalue weighted by molar-refractivity contribution is 0.661. The molecule has 1 aliphatic carbocycles. The van der Waals surface area contributed by atoms with Gasteiger partial charge in [0.15, 0.2) is 0 Å². The highest BCUT2D eigenvalue weighted by Crippen LogP contribution is 2.51. The topological polar surface area (TPSA) is 16.4 Å². The summed E-state index contributed by atoms with van der Waals surface area (Å²) in [7, 11) is 0. The summed E-state index contributed by atoms with van der Waals surface area (Å²) in [6, 6.07) is 90.9. The molecule has 0 N–H and O–H groups in total. The number of para-hydroxylation sites is 2. The number of fused-ring (bicyclic) bond motifs is 12. The minimum Gasteiger partial charge on any atom is -0.455 e. The number of nitrogens with zero attached hydrogens (tertiary/aromatic N) is 1. The third kappa shape index (κ3) is 6.63. The van der Waals surface area contributed by atoms with Gasteiger partial charge in [-0.15, -0.1) is 0 Å². The quantitative estimate of drug-likeness (QED) is 0.148. The monoisotopic (exact) mass is 905 g/mol. The van der Waals surface area contributed by atoms with Crippen molar-refractivity contribution in [2.24, 2.45) is 0 Å². The van der Waals surface area contributed by atoms with Gasteiger partial charge in [-0.25, -0.2) is 0 Å². The summed E-state index contributed by atoms with van der Waals surface area (Å²) in [5.74, 6) is 0. The maximum atomic E-state index is 6.43. The molecule has 0 unspecified atom stereocenters. The van der Waals surface area contributed by atoms with Crippen LogP contribution < -0.4 is 4.90 Å². The van der Waals surface area contributed by atoms with Crippen LogP contribution in [-0.4, -0.2) is 0 Å². The highest BCUT2D eigenvalue weighted by molar-refractivity contribution is 6.26. The van der Waals surface area contributed by atoms with Gasteiger partial charge in [0.1, 0.15) is 11.2 Å². The summed E-state index contributed by atoms with van der Waals surface area (Å²) < 4.78 is 6.43. The summed E-state index contributed by atoms with van der Waals surface area (Å²) in [6.45, 7) is 4.74. The van der Waals surface area contributed by atoms with E-state index in [9.17, 15) is 0 Å². The number of benzene rings is 12. The zero-order chi connectivity index (χ0) is 47.2. The second-order valence-electron chi connectivity index (χ2n) is 19.6. The van der Waals surface area contributed by atoms with Crippen molar-refractivity contribution in [2.75, 3.05) is 4.90 Å². The predicted molar refractivity (Wildman–Crippen MR) is 300 cm³/mol. The molecule has 1 aliphatic rings. The van der Waals surface area contributed by atoms with Crippen molar-refractivity contribution in [1.29, 1.82) is 0 Å². The molecule has 0 aliphatic heterocycles. The molecule has 14 rings (SSSR count). The van der Waals surface area contributed by atoms with Crippen molar-refractivity contribution < 1.29 is 4.42 Å². The van der Waals surface area contributed by atoms with Crippen molar-refractivity contribution in [2.45, 2.75) is 19.3 Å². The molecule has 0 fully saturated rings. The van der Waals surface area contributed by atoms with E-state index in [1.807, 2.05) is 12.1 Å². The summed E-state index contributed by atoms with van der Waals surface area (Å²) >= 11 is 0. The maximum Gasteiger partial charge on any atom is 0.143 e. The van der Waals surface area contributed by atoms with E-state index in [4.69, 9.17) is 4.42 Å². The minimum atomic E-state index is -0.0602. The molecule has 71 heavy (non-hydrogen) atoms. The first-order valence-corrected chi connectivity index (χ1v) is 24.6. The van der Waals surface area contributed by atoms with Crippen molar-refractivity contribution in [3.8, 4) is 55.6 Å². The van der Waals surface area contributed by atoms with E-state index in [0.29, 0.717) is 0 Å². The third-order valence-electron chi connectivity index (χ3n) is 15.3. The van der Waals surface area contributed by atoms with Crippen LogP contribution in [0.3, 0.4) is 0 Å². The fourth-order valence-electron chi connectivity index (χ4n) is 11.6. The molecule has 0 saturated heterocycles. The summed E-state index contributed by atoms with van der Waals surface area (Å²) in [6.07, 6.45) is 0. The van der Waals surface area contributed by atoms with Crippen molar-refractivity contribution in [3.63, 3.8) is 0 Å². The molecule has 0 bridgehead atoms. The molecular formula is C69H47NO. The van der Waals surface area contributed by atoms with E-state index >= 15 is 0 Å². The SMILES string of the molecule is CC1(C)c2ccccc2-c2cc3c4ccccc4c4cc(-c5ccc(-c6ccc(N(c7ccc(-c8ccccc8)cc7)c7ccc(-c8cccc9c8oc8ccccc89)cc7)cc6)cc5)ccc4c3cc21. The van der Waals surface area contributed by atoms with E-state index in [-0.39, 0.29) is 5.41 Å². The van der Waals surface area contributed by atoms with Crippen LogP contribution in [0.5, 0.6) is 0 Å². The Morgan fingerprint density at radius 1 is 0.282 bits per heavy atom. The lowest BCUT2D eigenvalue weighted by atomic mass is 9.81. The molecule has 0 spiro atoms. The molecule has 0 radical (unpaired) electrons. The minimum absolute atomic E-state index is 0.0602. The van der Waals surface area contributed by atoms with Crippen LogP contribution in [0.4, 0.5) is 17.1 Å². The number of hydrogen-bond acceptors (Lipinski definition) is 2. The van der Waals surface area contributed by atoms with E-state index < -0.39 is 0 Å². The second-order valence-corrected chi connectivity index (χ2v) is 19.6. The lowest BCUT2D eigenvalue weighted by Gasteiger charge is -2.26. The average Bonchev–Trinajstić information content (AvgIpc) is 3.93. The first-order valence-electron chi connectivity index (χ1n) is 24.6. The van der Waals surface area contributed by atoms with Crippen LogP contribution in [-0.2, 0) is 5.41 Å². The smallest absolute Gasteiger partial charge is 0.143 e. The second kappa shape index (κ2) is 16.1. The average molecular weight is 906 g/mol. The van der Waals surface area contributed by atoms with E-state index in [2.05, 4.69) is 255 Å². The Bertz CT molecular complexity index is 4200. The van der Waals surface area contributed by atoms with Crippen LogP contribution in [0.25, 0.3) is 110 Å². The van der Waals surface area contributed by atoms with Gasteiger partial charge in [-0.2, -0.15) is 0 Å². The maximum absolute atomic E-state index is 6.43. The molecule has 0 amide bonds. The number of anilines is 3. The Balaban J connectivity index is 0.795. The van der Waals surface area contributed by atoms with Gasteiger partial charge >= 0.3 is 0 Å².